The summed E-state index contributed by atoms with van der Waals surface area (Å²) in [6.45, 7) is -0.648. The molecule has 1 aliphatic heterocycles. The van der Waals surface area contributed by atoms with Gasteiger partial charge in [-0.05, 0) is 29.8 Å². The van der Waals surface area contributed by atoms with Crippen molar-refractivity contribution in [3.05, 3.63) is 111 Å². The first-order valence-electron chi connectivity index (χ1n) is 10.3. The average molecular weight is 458 g/mol. The molecule has 170 valence electrons. The number of ether oxygens (including phenoxy) is 1. The van der Waals surface area contributed by atoms with Crippen molar-refractivity contribution in [3.63, 3.8) is 0 Å². The van der Waals surface area contributed by atoms with Gasteiger partial charge in [0.15, 0.2) is 12.4 Å². The van der Waals surface area contributed by atoms with Crippen LogP contribution in [0, 0.1) is 10.1 Å². The molecule has 0 saturated carbocycles. The Morgan fingerprint density at radius 1 is 0.853 bits per heavy atom. The summed E-state index contributed by atoms with van der Waals surface area (Å²) in [5.74, 6) is -2.71. The zero-order valence-electron chi connectivity index (χ0n) is 17.7. The maximum atomic E-state index is 13.0. The van der Waals surface area contributed by atoms with E-state index >= 15 is 0 Å². The van der Waals surface area contributed by atoms with E-state index in [2.05, 4.69) is 0 Å². The van der Waals surface area contributed by atoms with Crippen LogP contribution in [0.4, 0.5) is 5.69 Å². The van der Waals surface area contributed by atoms with Crippen molar-refractivity contribution in [2.75, 3.05) is 6.61 Å². The monoisotopic (exact) mass is 458 g/mol. The van der Waals surface area contributed by atoms with E-state index < -0.39 is 41.1 Å². The normalized spacial score (nSPS) is 13.4. The summed E-state index contributed by atoms with van der Waals surface area (Å²) in [4.78, 5) is 62.5. The van der Waals surface area contributed by atoms with E-state index in [0.717, 1.165) is 4.90 Å². The van der Waals surface area contributed by atoms with E-state index in [1.165, 1.54) is 36.4 Å². The zero-order valence-corrected chi connectivity index (χ0v) is 17.7. The van der Waals surface area contributed by atoms with Gasteiger partial charge in [-0.25, -0.2) is 4.79 Å². The molecule has 0 aromatic heterocycles. The third kappa shape index (κ3) is 4.44. The quantitative estimate of drug-likeness (QED) is 0.167. The van der Waals surface area contributed by atoms with Gasteiger partial charge in [0.05, 0.1) is 16.1 Å². The molecule has 0 radical (unpaired) electrons. The van der Waals surface area contributed by atoms with Gasteiger partial charge < -0.3 is 4.74 Å². The van der Waals surface area contributed by atoms with E-state index in [4.69, 9.17) is 4.74 Å². The molecule has 2 amide bonds. The van der Waals surface area contributed by atoms with Gasteiger partial charge in [-0.2, -0.15) is 0 Å². The van der Waals surface area contributed by atoms with Gasteiger partial charge in [0.2, 0.25) is 0 Å². The standard InChI is InChI=1S/C25H18N2O7/c28-22(17-10-12-18(13-11-17)27(32)33)15-34-25(31)21(14-16-6-2-1-3-7-16)26-23(29)19-8-4-5-9-20(19)24(26)30/h1-13,21H,14-15H2. The van der Waals surface area contributed by atoms with Crippen molar-refractivity contribution in [3.8, 4) is 0 Å². The minimum atomic E-state index is -1.28. The molecule has 34 heavy (non-hydrogen) atoms. The second-order valence-electron chi connectivity index (χ2n) is 7.57. The predicted octanol–water partition coefficient (Wildman–Crippen LogP) is 3.23. The molecule has 1 unspecified atom stereocenters. The number of nitrogens with zero attached hydrogens (tertiary/aromatic N) is 2. The summed E-state index contributed by atoms with van der Waals surface area (Å²) in [7, 11) is 0. The Balaban J connectivity index is 1.54. The van der Waals surface area contributed by atoms with E-state index in [0.29, 0.717) is 5.56 Å². The molecule has 3 aromatic rings. The molecule has 0 saturated heterocycles. The van der Waals surface area contributed by atoms with Crippen LogP contribution in [0.2, 0.25) is 0 Å². The van der Waals surface area contributed by atoms with Gasteiger partial charge in [0.1, 0.15) is 6.04 Å². The van der Waals surface area contributed by atoms with Crippen molar-refractivity contribution in [1.29, 1.82) is 0 Å². The van der Waals surface area contributed by atoms with E-state index in [9.17, 15) is 29.3 Å². The smallest absolute Gasteiger partial charge is 0.330 e. The lowest BCUT2D eigenvalue weighted by atomic mass is 10.0. The van der Waals surface area contributed by atoms with Gasteiger partial charge in [0, 0.05) is 24.1 Å². The van der Waals surface area contributed by atoms with Crippen LogP contribution in [0.1, 0.15) is 36.6 Å². The highest BCUT2D eigenvalue weighted by atomic mass is 16.6. The fourth-order valence-electron chi connectivity index (χ4n) is 3.69. The summed E-state index contributed by atoms with van der Waals surface area (Å²) in [5.41, 5.74) is 1.03. The number of fused-ring (bicyclic) bond motifs is 1. The van der Waals surface area contributed by atoms with Crippen LogP contribution in [-0.2, 0) is 16.0 Å². The first kappa shape index (κ1) is 22.5. The number of esters is 1. The number of amides is 2. The first-order chi connectivity index (χ1) is 16.4. The average Bonchev–Trinajstić information content (AvgIpc) is 3.11. The highest BCUT2D eigenvalue weighted by Crippen LogP contribution is 2.26. The van der Waals surface area contributed by atoms with Crippen LogP contribution in [0.5, 0.6) is 0 Å². The maximum Gasteiger partial charge on any atom is 0.330 e. The predicted molar refractivity (Wildman–Crippen MR) is 119 cm³/mol. The second kappa shape index (κ2) is 9.45. The number of nitro benzene ring substituents is 1. The Labute approximate surface area is 193 Å². The van der Waals surface area contributed by atoms with Crippen molar-refractivity contribution in [2.45, 2.75) is 12.5 Å². The number of benzene rings is 3. The first-order valence-corrected chi connectivity index (χ1v) is 10.3. The Morgan fingerprint density at radius 3 is 1.97 bits per heavy atom. The van der Waals surface area contributed by atoms with Gasteiger partial charge in [0.25, 0.3) is 17.5 Å². The van der Waals surface area contributed by atoms with Crippen molar-refractivity contribution >= 4 is 29.3 Å². The van der Waals surface area contributed by atoms with Gasteiger partial charge in [-0.15, -0.1) is 0 Å². The van der Waals surface area contributed by atoms with Gasteiger partial charge >= 0.3 is 5.97 Å². The minimum absolute atomic E-state index is 0.0108. The number of carbonyl (C=O) groups is 4. The number of rotatable bonds is 8. The summed E-state index contributed by atoms with van der Waals surface area (Å²) in [6, 6.07) is 18.7. The molecule has 1 aliphatic rings. The number of carbonyl (C=O) groups excluding carboxylic acids is 4. The summed E-state index contributed by atoms with van der Waals surface area (Å²) in [5, 5.41) is 10.8. The number of hydrogen-bond acceptors (Lipinski definition) is 7. The number of imide groups is 1. The van der Waals surface area contributed by atoms with E-state index in [-0.39, 0.29) is 28.8 Å². The lowest BCUT2D eigenvalue weighted by molar-refractivity contribution is -0.384. The van der Waals surface area contributed by atoms with Crippen molar-refractivity contribution in [2.24, 2.45) is 0 Å². The van der Waals surface area contributed by atoms with Crippen molar-refractivity contribution in [1.82, 2.24) is 4.90 Å². The lowest BCUT2D eigenvalue weighted by Crippen LogP contribution is -2.47. The molecular weight excluding hydrogens is 440 g/mol. The van der Waals surface area contributed by atoms with E-state index in [1.807, 2.05) is 0 Å². The molecule has 9 heteroatoms. The highest BCUT2D eigenvalue weighted by molar-refractivity contribution is 6.22. The Bertz CT molecular complexity index is 1250. The fraction of sp³-hybridized carbons (Fsp3) is 0.120. The van der Waals surface area contributed by atoms with Crippen LogP contribution < -0.4 is 0 Å². The molecule has 0 aliphatic carbocycles. The third-order valence-corrected chi connectivity index (χ3v) is 5.43. The summed E-state index contributed by atoms with van der Waals surface area (Å²) in [6.07, 6.45) is 0.0108. The molecular formula is C25H18N2O7. The molecule has 4 rings (SSSR count). The molecule has 3 aromatic carbocycles. The van der Waals surface area contributed by atoms with E-state index in [1.54, 1.807) is 42.5 Å². The van der Waals surface area contributed by atoms with Crippen LogP contribution in [-0.4, -0.2) is 46.0 Å². The largest absolute Gasteiger partial charge is 0.456 e. The summed E-state index contributed by atoms with van der Waals surface area (Å²) < 4.78 is 5.21. The Hall–Kier alpha value is -4.66. The van der Waals surface area contributed by atoms with Gasteiger partial charge in [-0.3, -0.25) is 29.4 Å². The van der Waals surface area contributed by atoms with Crippen LogP contribution in [0.15, 0.2) is 78.9 Å². The fourth-order valence-corrected chi connectivity index (χ4v) is 3.69. The number of ketones is 1. The van der Waals surface area contributed by atoms with Crippen molar-refractivity contribution < 1.29 is 28.8 Å². The minimum Gasteiger partial charge on any atom is -0.456 e. The summed E-state index contributed by atoms with van der Waals surface area (Å²) >= 11 is 0. The van der Waals surface area contributed by atoms with Crippen LogP contribution in [0.3, 0.4) is 0 Å². The Morgan fingerprint density at radius 2 is 1.41 bits per heavy atom. The molecule has 0 fully saturated rings. The topological polar surface area (TPSA) is 124 Å². The van der Waals surface area contributed by atoms with Crippen LogP contribution >= 0.6 is 0 Å². The lowest BCUT2D eigenvalue weighted by Gasteiger charge is -2.24. The van der Waals surface area contributed by atoms with Gasteiger partial charge in [-0.1, -0.05) is 42.5 Å². The molecule has 1 heterocycles. The number of non-ortho nitro benzene ring substituents is 1. The zero-order chi connectivity index (χ0) is 24.2. The second-order valence-corrected chi connectivity index (χ2v) is 7.57. The molecule has 9 nitrogen and oxygen atoms in total. The van der Waals surface area contributed by atoms with Crippen LogP contribution in [0.25, 0.3) is 0 Å². The molecule has 0 bridgehead atoms. The Kier molecular flexibility index (Phi) is 6.26. The highest BCUT2D eigenvalue weighted by Gasteiger charge is 2.43. The SMILES string of the molecule is O=C(COC(=O)C(Cc1ccccc1)N1C(=O)c2ccccc2C1=O)c1ccc([N+](=O)[O-])cc1. The maximum absolute atomic E-state index is 13.0. The third-order valence-electron chi connectivity index (χ3n) is 5.43. The number of nitro groups is 1. The molecule has 0 N–H and O–H groups in total. The number of hydrogen-bond donors (Lipinski definition) is 0. The molecule has 1 atom stereocenters. The number of Topliss-reactive ketones (excluding diaryl/α,β-unsaturated/α-hetero) is 1. The molecule has 0 spiro atoms.